The van der Waals surface area contributed by atoms with E-state index < -0.39 is 5.97 Å². The molecule has 2 rings (SSSR count). The molecule has 0 aromatic carbocycles. The van der Waals surface area contributed by atoms with Crippen molar-refractivity contribution in [3.05, 3.63) is 16.7 Å². The highest BCUT2D eigenvalue weighted by molar-refractivity contribution is 6.32. The molecular weight excluding hydrogens is 244 g/mol. The Hall–Kier alpha value is -1.56. The van der Waals surface area contributed by atoms with Crippen LogP contribution in [0, 0.1) is 0 Å². The Morgan fingerprint density at radius 1 is 1.41 bits per heavy atom. The minimum atomic E-state index is -1.15. The molecule has 0 aliphatic rings. The van der Waals surface area contributed by atoms with Gasteiger partial charge in [0.15, 0.2) is 10.8 Å². The summed E-state index contributed by atoms with van der Waals surface area (Å²) in [5.41, 5.74) is -0.340. The van der Waals surface area contributed by atoms with Crippen LogP contribution in [0.15, 0.2) is 0 Å². The lowest BCUT2D eigenvalue weighted by atomic mass is 9.96. The van der Waals surface area contributed by atoms with Crippen molar-refractivity contribution >= 4 is 23.3 Å². The highest BCUT2D eigenvalue weighted by Crippen LogP contribution is 2.24. The van der Waals surface area contributed by atoms with Crippen LogP contribution in [0.3, 0.4) is 0 Å². The van der Waals surface area contributed by atoms with Crippen molar-refractivity contribution in [1.82, 2.24) is 19.2 Å². The topological polar surface area (TPSA) is 72.4 Å². The Labute approximate surface area is 103 Å². The van der Waals surface area contributed by atoms with Crippen molar-refractivity contribution in [3.8, 4) is 0 Å². The lowest BCUT2D eigenvalue weighted by Crippen LogP contribution is -2.17. The Bertz CT molecular complexity index is 606. The summed E-state index contributed by atoms with van der Waals surface area (Å²) >= 11 is 5.93. The van der Waals surface area contributed by atoms with Crippen molar-refractivity contribution in [2.75, 3.05) is 0 Å². The number of aromatic nitrogens is 4. The summed E-state index contributed by atoms with van der Waals surface area (Å²) in [6.45, 7) is 6.04. The number of carboxylic acids is 1. The Morgan fingerprint density at radius 3 is 2.41 bits per heavy atom. The molecule has 0 saturated heterocycles. The maximum atomic E-state index is 10.9. The van der Waals surface area contributed by atoms with E-state index in [0.29, 0.717) is 5.78 Å². The van der Waals surface area contributed by atoms with Crippen LogP contribution in [0.5, 0.6) is 0 Å². The predicted molar refractivity (Wildman–Crippen MR) is 62.6 cm³/mol. The molecule has 2 aromatic rings. The number of hydrogen-bond donors (Lipinski definition) is 1. The molecule has 0 spiro atoms. The van der Waals surface area contributed by atoms with Crippen LogP contribution in [-0.4, -0.2) is 30.2 Å². The third kappa shape index (κ3) is 1.68. The van der Waals surface area contributed by atoms with Gasteiger partial charge in [-0.15, -0.1) is 5.10 Å². The van der Waals surface area contributed by atoms with Gasteiger partial charge in [-0.05, 0) is 0 Å². The molecule has 0 aliphatic heterocycles. The Kier molecular flexibility index (Phi) is 2.43. The fourth-order valence-corrected chi connectivity index (χ4v) is 1.97. The van der Waals surface area contributed by atoms with Crippen LogP contribution in [0.4, 0.5) is 0 Å². The maximum absolute atomic E-state index is 10.9. The van der Waals surface area contributed by atoms with E-state index in [4.69, 9.17) is 16.7 Å². The minimum Gasteiger partial charge on any atom is -0.476 e. The first-order valence-electron chi connectivity index (χ1n) is 5.08. The number of aryl methyl sites for hydroxylation is 1. The third-order valence-corrected chi connectivity index (χ3v) is 2.81. The van der Waals surface area contributed by atoms with E-state index in [9.17, 15) is 4.79 Å². The van der Waals surface area contributed by atoms with Crippen molar-refractivity contribution in [2.24, 2.45) is 7.05 Å². The molecule has 17 heavy (non-hydrogen) atoms. The summed E-state index contributed by atoms with van der Waals surface area (Å²) < 4.78 is 3.10. The zero-order valence-electron chi connectivity index (χ0n) is 10.0. The summed E-state index contributed by atoms with van der Waals surface area (Å²) in [5, 5.41) is 13.2. The van der Waals surface area contributed by atoms with Crippen LogP contribution < -0.4 is 0 Å². The van der Waals surface area contributed by atoms with E-state index in [0.717, 1.165) is 5.82 Å². The highest BCUT2D eigenvalue weighted by Gasteiger charge is 2.26. The third-order valence-electron chi connectivity index (χ3n) is 2.47. The van der Waals surface area contributed by atoms with Crippen LogP contribution in [0.2, 0.25) is 5.15 Å². The number of rotatable bonds is 1. The number of carboxylic acid groups (broad SMARTS) is 1. The number of hydrogen-bond acceptors (Lipinski definition) is 3. The van der Waals surface area contributed by atoms with Crippen molar-refractivity contribution < 1.29 is 9.90 Å². The fourth-order valence-electron chi connectivity index (χ4n) is 1.73. The van der Waals surface area contributed by atoms with E-state index >= 15 is 0 Å². The average Bonchev–Trinajstić information content (AvgIpc) is 2.65. The van der Waals surface area contributed by atoms with E-state index in [2.05, 4.69) is 10.1 Å². The number of fused-ring (bicyclic) bond motifs is 1. The quantitative estimate of drug-likeness (QED) is 0.843. The lowest BCUT2D eigenvalue weighted by molar-refractivity contribution is 0.0691. The molecule has 2 aromatic heterocycles. The predicted octanol–water partition coefficient (Wildman–Crippen LogP) is 1.72. The zero-order valence-corrected chi connectivity index (χ0v) is 10.8. The van der Waals surface area contributed by atoms with Crippen LogP contribution in [-0.2, 0) is 12.5 Å². The first kappa shape index (κ1) is 11.9. The van der Waals surface area contributed by atoms with E-state index in [1.807, 2.05) is 20.8 Å². The second-order valence-corrected chi connectivity index (χ2v) is 5.26. The Balaban J connectivity index is 2.75. The molecule has 0 unspecified atom stereocenters. The monoisotopic (exact) mass is 256 g/mol. The highest BCUT2D eigenvalue weighted by atomic mass is 35.5. The molecule has 0 saturated carbocycles. The van der Waals surface area contributed by atoms with E-state index in [1.165, 1.54) is 4.52 Å². The van der Waals surface area contributed by atoms with Gasteiger partial charge in [0, 0.05) is 12.5 Å². The van der Waals surface area contributed by atoms with Gasteiger partial charge in [0.05, 0.1) is 0 Å². The molecular formula is C10H13ClN4O2. The van der Waals surface area contributed by atoms with Crippen LogP contribution >= 0.6 is 11.6 Å². The summed E-state index contributed by atoms with van der Waals surface area (Å²) in [4.78, 5) is 14.9. The van der Waals surface area contributed by atoms with Gasteiger partial charge in [-0.1, -0.05) is 32.4 Å². The second-order valence-electron chi connectivity index (χ2n) is 4.90. The van der Waals surface area contributed by atoms with Gasteiger partial charge >= 0.3 is 5.97 Å². The standard InChI is InChI=1S/C10H13ClN4O2/c1-10(2,3)8-13-15-6(11)5(7(16)17)12-9(15)14(8)4/h1-4H3,(H,16,17). The second kappa shape index (κ2) is 3.46. The van der Waals surface area contributed by atoms with Crippen LogP contribution in [0.1, 0.15) is 37.1 Å². The number of halogens is 1. The zero-order chi connectivity index (χ0) is 13.0. The molecule has 2 heterocycles. The molecule has 0 atom stereocenters. The molecule has 0 bridgehead atoms. The molecule has 1 N–H and O–H groups in total. The molecule has 0 amide bonds. The first-order chi connectivity index (χ1) is 7.73. The van der Waals surface area contributed by atoms with Crippen LogP contribution in [0.25, 0.3) is 5.78 Å². The van der Waals surface area contributed by atoms with E-state index in [1.54, 1.807) is 11.6 Å². The van der Waals surface area contributed by atoms with E-state index in [-0.39, 0.29) is 16.3 Å². The molecule has 7 heteroatoms. The summed E-state index contributed by atoms with van der Waals surface area (Å²) in [6.07, 6.45) is 0. The molecule has 92 valence electrons. The maximum Gasteiger partial charge on any atom is 0.357 e. The lowest BCUT2D eigenvalue weighted by Gasteiger charge is -2.16. The fraction of sp³-hybridized carbons (Fsp3) is 0.500. The Morgan fingerprint density at radius 2 is 2.00 bits per heavy atom. The van der Waals surface area contributed by atoms with Crippen molar-refractivity contribution in [3.63, 3.8) is 0 Å². The first-order valence-corrected chi connectivity index (χ1v) is 5.46. The van der Waals surface area contributed by atoms with Gasteiger partial charge in [-0.3, -0.25) is 4.57 Å². The SMILES string of the molecule is Cn1c(C(C)(C)C)nn2c(Cl)c(C(=O)O)nc12. The molecule has 6 nitrogen and oxygen atoms in total. The van der Waals surface area contributed by atoms with Gasteiger partial charge in [0.1, 0.15) is 5.82 Å². The molecule has 0 fully saturated rings. The minimum absolute atomic E-state index is 0.0265. The molecule has 0 radical (unpaired) electrons. The summed E-state index contributed by atoms with van der Waals surface area (Å²) in [7, 11) is 1.79. The van der Waals surface area contributed by atoms with Gasteiger partial charge in [-0.25, -0.2) is 9.78 Å². The number of aromatic carboxylic acids is 1. The van der Waals surface area contributed by atoms with Crippen molar-refractivity contribution in [1.29, 1.82) is 0 Å². The number of nitrogens with zero attached hydrogens (tertiary/aromatic N) is 4. The summed E-state index contributed by atoms with van der Waals surface area (Å²) in [5.74, 6) is 0.0639. The van der Waals surface area contributed by atoms with Gasteiger partial charge < -0.3 is 5.11 Å². The molecule has 0 aliphatic carbocycles. The van der Waals surface area contributed by atoms with Gasteiger partial charge in [0.25, 0.3) is 0 Å². The number of carbonyl (C=O) groups is 1. The normalized spacial score (nSPS) is 12.3. The number of imidazole rings is 1. The largest absolute Gasteiger partial charge is 0.476 e. The van der Waals surface area contributed by atoms with Gasteiger partial charge in [0.2, 0.25) is 5.78 Å². The average molecular weight is 257 g/mol. The smallest absolute Gasteiger partial charge is 0.357 e. The summed E-state index contributed by atoms with van der Waals surface area (Å²) in [6, 6.07) is 0. The van der Waals surface area contributed by atoms with Gasteiger partial charge in [-0.2, -0.15) is 4.52 Å². The van der Waals surface area contributed by atoms with Crippen molar-refractivity contribution in [2.45, 2.75) is 26.2 Å².